The van der Waals surface area contributed by atoms with Crippen molar-refractivity contribution >= 4 is 15.7 Å². The zero-order valence-corrected chi connectivity index (χ0v) is 16.0. The molecule has 0 saturated carbocycles. The van der Waals surface area contributed by atoms with Gasteiger partial charge in [0.1, 0.15) is 5.82 Å². The van der Waals surface area contributed by atoms with E-state index in [1.54, 1.807) is 30.7 Å². The highest BCUT2D eigenvalue weighted by Crippen LogP contribution is 2.30. The van der Waals surface area contributed by atoms with Crippen molar-refractivity contribution < 1.29 is 13.2 Å². The van der Waals surface area contributed by atoms with Crippen LogP contribution < -0.4 is 9.04 Å². The predicted molar refractivity (Wildman–Crippen MR) is 102 cm³/mol. The fraction of sp³-hybridized carbons (Fsp3) is 0.211. The van der Waals surface area contributed by atoms with Crippen LogP contribution in [-0.2, 0) is 17.1 Å². The van der Waals surface area contributed by atoms with Gasteiger partial charge in [-0.05, 0) is 30.2 Å². The van der Waals surface area contributed by atoms with Gasteiger partial charge in [-0.3, -0.25) is 4.31 Å². The Morgan fingerprint density at radius 2 is 1.58 bits per heavy atom. The molecule has 0 bridgehead atoms. The van der Waals surface area contributed by atoms with Gasteiger partial charge in [0, 0.05) is 14.1 Å². The quantitative estimate of drug-likeness (QED) is 0.691. The smallest absolute Gasteiger partial charge is 0.287 e. The first-order valence-electron chi connectivity index (χ1n) is 8.08. The predicted octanol–water partition coefficient (Wildman–Crippen LogP) is 3.23. The lowest BCUT2D eigenvalue weighted by molar-refractivity contribution is 0.369. The van der Waals surface area contributed by atoms with Crippen molar-refractivity contribution in [2.75, 3.05) is 18.5 Å². The highest BCUT2D eigenvalue weighted by molar-refractivity contribution is 7.92. The number of aromatic nitrogens is 2. The van der Waals surface area contributed by atoms with E-state index in [1.807, 2.05) is 42.5 Å². The van der Waals surface area contributed by atoms with E-state index in [-0.39, 0.29) is 10.9 Å². The lowest BCUT2D eigenvalue weighted by Gasteiger charge is -2.19. The summed E-state index contributed by atoms with van der Waals surface area (Å²) in [5, 5.41) is -0.0883. The van der Waals surface area contributed by atoms with E-state index < -0.39 is 10.0 Å². The molecule has 0 N–H and O–H groups in total. The minimum Gasteiger partial charge on any atom is -0.480 e. The number of imidazole rings is 1. The Kier molecular flexibility index (Phi) is 4.73. The molecular formula is C19H21N3O3S. The first-order valence-corrected chi connectivity index (χ1v) is 9.52. The minimum absolute atomic E-state index is 0.0883. The van der Waals surface area contributed by atoms with E-state index in [9.17, 15) is 8.42 Å². The Morgan fingerprint density at radius 1 is 1.00 bits per heavy atom. The average molecular weight is 371 g/mol. The van der Waals surface area contributed by atoms with Gasteiger partial charge in [0.25, 0.3) is 10.0 Å². The molecule has 0 spiro atoms. The van der Waals surface area contributed by atoms with Gasteiger partial charge in [0.15, 0.2) is 0 Å². The van der Waals surface area contributed by atoms with Crippen LogP contribution in [0.15, 0.2) is 59.6 Å². The number of methoxy groups -OCH3 is 1. The van der Waals surface area contributed by atoms with Crippen LogP contribution in [0.4, 0.5) is 5.69 Å². The number of nitrogens with zero attached hydrogens (tertiary/aromatic N) is 3. The van der Waals surface area contributed by atoms with Crippen LogP contribution in [0.3, 0.4) is 0 Å². The molecule has 0 saturated heterocycles. The standard InChI is InChI=1S/C19H21N3O3S/c1-14-20-18(19(25-4)21(14)2)26(23,24)22(3)17-12-10-16(11-13-17)15-8-6-5-7-9-15/h5-13H,1-4H3. The Morgan fingerprint density at radius 3 is 2.15 bits per heavy atom. The fourth-order valence-corrected chi connectivity index (χ4v) is 4.06. The molecule has 1 aromatic heterocycles. The van der Waals surface area contributed by atoms with E-state index >= 15 is 0 Å². The largest absolute Gasteiger partial charge is 0.480 e. The Balaban J connectivity index is 1.96. The number of hydrogen-bond acceptors (Lipinski definition) is 4. The molecule has 3 aromatic rings. The summed E-state index contributed by atoms with van der Waals surface area (Å²) in [7, 11) is 0.824. The maximum atomic E-state index is 13.0. The normalized spacial score (nSPS) is 11.4. The van der Waals surface area contributed by atoms with E-state index in [1.165, 1.54) is 18.5 Å². The van der Waals surface area contributed by atoms with Gasteiger partial charge in [0.2, 0.25) is 10.9 Å². The van der Waals surface area contributed by atoms with E-state index in [0.717, 1.165) is 11.1 Å². The minimum atomic E-state index is -3.84. The van der Waals surface area contributed by atoms with E-state index in [2.05, 4.69) is 4.98 Å². The zero-order valence-electron chi connectivity index (χ0n) is 15.2. The van der Waals surface area contributed by atoms with Gasteiger partial charge < -0.3 is 9.30 Å². The summed E-state index contributed by atoms with van der Waals surface area (Å²) >= 11 is 0. The molecule has 0 aliphatic carbocycles. The molecule has 7 heteroatoms. The Bertz CT molecular complexity index is 1010. The molecule has 136 valence electrons. The molecule has 0 aliphatic rings. The van der Waals surface area contributed by atoms with Gasteiger partial charge in [-0.2, -0.15) is 8.42 Å². The van der Waals surface area contributed by atoms with Crippen LogP contribution in [0, 0.1) is 6.92 Å². The highest BCUT2D eigenvalue weighted by atomic mass is 32.2. The number of anilines is 1. The van der Waals surface area contributed by atoms with Crippen molar-refractivity contribution in [1.29, 1.82) is 0 Å². The summed E-state index contributed by atoms with van der Waals surface area (Å²) in [4.78, 5) is 4.17. The fourth-order valence-electron chi connectivity index (χ4n) is 2.72. The summed E-state index contributed by atoms with van der Waals surface area (Å²) in [6, 6.07) is 17.3. The lowest BCUT2D eigenvalue weighted by atomic mass is 10.1. The highest BCUT2D eigenvalue weighted by Gasteiger charge is 2.30. The van der Waals surface area contributed by atoms with Crippen molar-refractivity contribution in [3.8, 4) is 17.0 Å². The number of hydrogen-bond donors (Lipinski definition) is 0. The molecule has 0 aliphatic heterocycles. The maximum absolute atomic E-state index is 13.0. The average Bonchev–Trinajstić information content (AvgIpc) is 2.97. The van der Waals surface area contributed by atoms with Crippen LogP contribution >= 0.6 is 0 Å². The molecular weight excluding hydrogens is 350 g/mol. The summed E-state index contributed by atoms with van der Waals surface area (Å²) in [6.45, 7) is 1.73. The monoisotopic (exact) mass is 371 g/mol. The number of aryl methyl sites for hydroxylation is 1. The van der Waals surface area contributed by atoms with Crippen molar-refractivity contribution in [3.05, 3.63) is 60.4 Å². The third-order valence-corrected chi connectivity index (χ3v) is 6.06. The van der Waals surface area contributed by atoms with E-state index in [0.29, 0.717) is 11.5 Å². The molecule has 2 aromatic carbocycles. The second-order valence-electron chi connectivity index (χ2n) is 5.92. The van der Waals surface area contributed by atoms with Crippen LogP contribution in [0.2, 0.25) is 0 Å². The number of benzene rings is 2. The molecule has 0 unspecified atom stereocenters. The maximum Gasteiger partial charge on any atom is 0.287 e. The molecule has 26 heavy (non-hydrogen) atoms. The van der Waals surface area contributed by atoms with Crippen molar-refractivity contribution in [1.82, 2.24) is 9.55 Å². The van der Waals surface area contributed by atoms with Crippen LogP contribution in [0.5, 0.6) is 5.88 Å². The van der Waals surface area contributed by atoms with Gasteiger partial charge in [-0.15, -0.1) is 0 Å². The summed E-state index contributed by atoms with van der Waals surface area (Å²) in [5.41, 5.74) is 2.65. The number of sulfonamides is 1. The van der Waals surface area contributed by atoms with Crippen LogP contribution in [0.25, 0.3) is 11.1 Å². The third-order valence-electron chi connectivity index (χ3n) is 4.37. The van der Waals surface area contributed by atoms with E-state index in [4.69, 9.17) is 4.74 Å². The third kappa shape index (κ3) is 3.06. The second kappa shape index (κ2) is 6.84. The summed E-state index contributed by atoms with van der Waals surface area (Å²) < 4.78 is 34.1. The zero-order chi connectivity index (χ0) is 18.9. The summed E-state index contributed by atoms with van der Waals surface area (Å²) in [5.74, 6) is 0.781. The number of ether oxygens (including phenoxy) is 1. The Hall–Kier alpha value is -2.80. The van der Waals surface area contributed by atoms with Gasteiger partial charge in [0.05, 0.1) is 12.8 Å². The van der Waals surface area contributed by atoms with Crippen molar-refractivity contribution in [2.45, 2.75) is 11.9 Å². The first kappa shape index (κ1) is 18.0. The Labute approximate surface area is 153 Å². The van der Waals surface area contributed by atoms with Crippen molar-refractivity contribution in [3.63, 3.8) is 0 Å². The van der Waals surface area contributed by atoms with Crippen LogP contribution in [0.1, 0.15) is 5.82 Å². The topological polar surface area (TPSA) is 64.4 Å². The molecule has 0 atom stereocenters. The van der Waals surface area contributed by atoms with Crippen molar-refractivity contribution in [2.24, 2.45) is 7.05 Å². The number of rotatable bonds is 5. The first-order chi connectivity index (χ1) is 12.4. The molecule has 1 heterocycles. The van der Waals surface area contributed by atoms with Gasteiger partial charge in [-0.25, -0.2) is 4.98 Å². The molecule has 3 rings (SSSR count). The SMILES string of the molecule is COc1c(S(=O)(=O)N(C)c2ccc(-c3ccccc3)cc2)nc(C)n1C. The molecule has 0 radical (unpaired) electrons. The lowest BCUT2D eigenvalue weighted by Crippen LogP contribution is -2.27. The second-order valence-corrected chi connectivity index (χ2v) is 7.80. The van der Waals surface area contributed by atoms with Gasteiger partial charge in [-0.1, -0.05) is 42.5 Å². The molecule has 0 amide bonds. The molecule has 0 fully saturated rings. The van der Waals surface area contributed by atoms with Crippen LogP contribution in [-0.4, -0.2) is 32.1 Å². The summed E-state index contributed by atoms with van der Waals surface area (Å²) in [6.07, 6.45) is 0. The molecule has 6 nitrogen and oxygen atoms in total. The van der Waals surface area contributed by atoms with Gasteiger partial charge >= 0.3 is 0 Å².